The van der Waals surface area contributed by atoms with Crippen molar-refractivity contribution in [3.63, 3.8) is 0 Å². The molecule has 0 saturated carbocycles. The molecule has 0 aliphatic rings. The van der Waals surface area contributed by atoms with E-state index in [4.69, 9.17) is 4.74 Å². The number of nitrogens with zero attached hydrogens (tertiary/aromatic N) is 4. The Balaban J connectivity index is 1.40. The van der Waals surface area contributed by atoms with E-state index in [2.05, 4.69) is 25.5 Å². The Morgan fingerprint density at radius 3 is 2.14 bits per heavy atom. The molecule has 0 bridgehead atoms. The van der Waals surface area contributed by atoms with E-state index < -0.39 is 0 Å². The minimum atomic E-state index is 0.683. The molecule has 0 radical (unpaired) electrons. The van der Waals surface area contributed by atoms with Crippen LogP contribution in [0.3, 0.4) is 0 Å². The second-order valence-electron chi connectivity index (χ2n) is 6.25. The fraction of sp³-hybridized carbons (Fsp3) is 0.0435. The van der Waals surface area contributed by atoms with Crippen LogP contribution in [0.25, 0.3) is 22.5 Å². The van der Waals surface area contributed by atoms with Crippen LogP contribution in [-0.2, 0) is 0 Å². The zero-order chi connectivity index (χ0) is 19.9. The predicted molar refractivity (Wildman–Crippen MR) is 115 cm³/mol. The van der Waals surface area contributed by atoms with Gasteiger partial charge in [0, 0.05) is 35.9 Å². The summed E-state index contributed by atoms with van der Waals surface area (Å²) >= 11 is 0. The summed E-state index contributed by atoms with van der Waals surface area (Å²) in [5.41, 5.74) is 7.85. The molecular formula is C23H19N5O. The number of ether oxygens (including phenoxy) is 1. The number of aromatic nitrogens is 3. The second-order valence-corrected chi connectivity index (χ2v) is 6.25. The molecule has 0 aliphatic heterocycles. The summed E-state index contributed by atoms with van der Waals surface area (Å²) in [4.78, 5) is 12.9. The predicted octanol–water partition coefficient (Wildman–Crippen LogP) is 4.66. The Hall–Kier alpha value is -4.06. The van der Waals surface area contributed by atoms with E-state index in [0.717, 1.165) is 33.7 Å². The van der Waals surface area contributed by atoms with Gasteiger partial charge in [-0.25, -0.2) is 9.97 Å². The molecule has 0 unspecified atom stereocenters. The second kappa shape index (κ2) is 8.75. The quantitative estimate of drug-likeness (QED) is 0.388. The first kappa shape index (κ1) is 18.3. The van der Waals surface area contributed by atoms with E-state index in [9.17, 15) is 0 Å². The van der Waals surface area contributed by atoms with Gasteiger partial charge in [0.25, 0.3) is 0 Å². The van der Waals surface area contributed by atoms with Crippen LogP contribution in [0.5, 0.6) is 5.75 Å². The summed E-state index contributed by atoms with van der Waals surface area (Å²) in [5.74, 6) is 1.51. The van der Waals surface area contributed by atoms with Crippen molar-refractivity contribution in [1.82, 2.24) is 15.0 Å². The van der Waals surface area contributed by atoms with Crippen molar-refractivity contribution in [2.24, 2.45) is 5.10 Å². The van der Waals surface area contributed by atoms with Gasteiger partial charge in [-0.05, 0) is 59.7 Å². The maximum absolute atomic E-state index is 5.15. The van der Waals surface area contributed by atoms with Gasteiger partial charge in [-0.2, -0.15) is 5.10 Å². The van der Waals surface area contributed by atoms with Crippen molar-refractivity contribution in [3.8, 4) is 28.3 Å². The molecule has 6 heteroatoms. The van der Waals surface area contributed by atoms with Crippen LogP contribution >= 0.6 is 0 Å². The number of nitrogens with one attached hydrogen (secondary N) is 1. The maximum Gasteiger partial charge on any atom is 0.159 e. The molecule has 0 aliphatic carbocycles. The molecule has 0 amide bonds. The summed E-state index contributed by atoms with van der Waals surface area (Å²) in [6.07, 6.45) is 8.88. The van der Waals surface area contributed by atoms with Crippen molar-refractivity contribution in [2.75, 3.05) is 12.5 Å². The Morgan fingerprint density at radius 1 is 0.793 bits per heavy atom. The average Bonchev–Trinajstić information content (AvgIpc) is 2.81. The van der Waals surface area contributed by atoms with Crippen molar-refractivity contribution in [3.05, 3.63) is 91.0 Å². The number of methoxy groups -OCH3 is 1. The highest BCUT2D eigenvalue weighted by atomic mass is 16.5. The van der Waals surface area contributed by atoms with Gasteiger partial charge < -0.3 is 4.74 Å². The van der Waals surface area contributed by atoms with Gasteiger partial charge in [0.15, 0.2) is 5.82 Å². The number of hydrogen-bond acceptors (Lipinski definition) is 6. The normalized spacial score (nSPS) is 10.8. The van der Waals surface area contributed by atoms with Gasteiger partial charge in [0.1, 0.15) is 5.75 Å². The van der Waals surface area contributed by atoms with E-state index in [1.807, 2.05) is 73.1 Å². The van der Waals surface area contributed by atoms with E-state index in [1.54, 1.807) is 25.7 Å². The van der Waals surface area contributed by atoms with Crippen molar-refractivity contribution in [2.45, 2.75) is 0 Å². The lowest BCUT2D eigenvalue weighted by atomic mass is 10.1. The zero-order valence-corrected chi connectivity index (χ0v) is 15.9. The smallest absolute Gasteiger partial charge is 0.159 e. The molecule has 4 aromatic rings. The van der Waals surface area contributed by atoms with Gasteiger partial charge in [-0.15, -0.1) is 0 Å². The van der Waals surface area contributed by atoms with Crippen LogP contribution in [0.4, 0.5) is 5.69 Å². The topological polar surface area (TPSA) is 72.3 Å². The maximum atomic E-state index is 5.15. The molecular weight excluding hydrogens is 362 g/mol. The largest absolute Gasteiger partial charge is 0.497 e. The third kappa shape index (κ3) is 4.62. The Bertz CT molecular complexity index is 1080. The van der Waals surface area contributed by atoms with E-state index in [1.165, 1.54) is 0 Å². The number of hydrogen-bond donors (Lipinski definition) is 1. The highest BCUT2D eigenvalue weighted by Gasteiger charge is 2.03. The molecule has 142 valence electrons. The van der Waals surface area contributed by atoms with E-state index in [-0.39, 0.29) is 0 Å². The van der Waals surface area contributed by atoms with Gasteiger partial charge >= 0.3 is 0 Å². The van der Waals surface area contributed by atoms with Crippen LogP contribution < -0.4 is 10.2 Å². The van der Waals surface area contributed by atoms with Crippen LogP contribution in [-0.4, -0.2) is 28.3 Å². The first-order valence-corrected chi connectivity index (χ1v) is 9.08. The SMILES string of the molecule is COc1ccc(/C=N/Nc2ccc(-c3cnc(-c4ccncc4)nc3)cc2)cc1. The summed E-state index contributed by atoms with van der Waals surface area (Å²) in [5, 5.41) is 4.27. The first-order valence-electron chi connectivity index (χ1n) is 9.08. The van der Waals surface area contributed by atoms with Crippen molar-refractivity contribution < 1.29 is 4.74 Å². The van der Waals surface area contributed by atoms with Crippen LogP contribution in [0.2, 0.25) is 0 Å². The molecule has 0 saturated heterocycles. The third-order valence-electron chi connectivity index (χ3n) is 4.33. The number of rotatable bonds is 6. The minimum absolute atomic E-state index is 0.683. The fourth-order valence-electron chi connectivity index (χ4n) is 2.74. The van der Waals surface area contributed by atoms with Gasteiger partial charge in [0.2, 0.25) is 0 Å². The highest BCUT2D eigenvalue weighted by Crippen LogP contribution is 2.22. The summed E-state index contributed by atoms with van der Waals surface area (Å²) in [7, 11) is 1.65. The van der Waals surface area contributed by atoms with E-state index >= 15 is 0 Å². The Labute approximate surface area is 169 Å². The zero-order valence-electron chi connectivity index (χ0n) is 15.9. The molecule has 0 atom stereocenters. The summed E-state index contributed by atoms with van der Waals surface area (Å²) in [6, 6.07) is 19.4. The lowest BCUT2D eigenvalue weighted by Gasteiger charge is -2.05. The van der Waals surface area contributed by atoms with E-state index in [0.29, 0.717) is 5.82 Å². The summed E-state index contributed by atoms with van der Waals surface area (Å²) < 4.78 is 5.15. The third-order valence-corrected chi connectivity index (χ3v) is 4.33. The van der Waals surface area contributed by atoms with Crippen molar-refractivity contribution in [1.29, 1.82) is 0 Å². The first-order chi connectivity index (χ1) is 14.3. The molecule has 2 heterocycles. The van der Waals surface area contributed by atoms with Gasteiger partial charge in [-0.1, -0.05) is 12.1 Å². The molecule has 0 spiro atoms. The molecule has 6 nitrogen and oxygen atoms in total. The standard InChI is InChI=1S/C23H19N5O/c1-29-22-8-2-17(3-9-22)14-27-28-21-6-4-18(5-7-21)20-15-25-23(26-16-20)19-10-12-24-13-11-19/h2-16,28H,1H3/b27-14+. The molecule has 29 heavy (non-hydrogen) atoms. The monoisotopic (exact) mass is 381 g/mol. The van der Waals surface area contributed by atoms with Crippen LogP contribution in [0, 0.1) is 0 Å². The van der Waals surface area contributed by atoms with Gasteiger partial charge in [0.05, 0.1) is 19.0 Å². The lowest BCUT2D eigenvalue weighted by molar-refractivity contribution is 0.415. The number of anilines is 1. The molecule has 0 fully saturated rings. The molecule has 2 aromatic heterocycles. The fourth-order valence-corrected chi connectivity index (χ4v) is 2.74. The molecule has 1 N–H and O–H groups in total. The minimum Gasteiger partial charge on any atom is -0.497 e. The molecule has 4 rings (SSSR count). The van der Waals surface area contributed by atoms with Gasteiger partial charge in [-0.3, -0.25) is 10.4 Å². The Morgan fingerprint density at radius 2 is 1.48 bits per heavy atom. The van der Waals surface area contributed by atoms with Crippen LogP contribution in [0.15, 0.2) is 90.6 Å². The highest BCUT2D eigenvalue weighted by molar-refractivity contribution is 5.80. The number of pyridine rings is 1. The summed E-state index contributed by atoms with van der Waals surface area (Å²) in [6.45, 7) is 0. The van der Waals surface area contributed by atoms with Crippen LogP contribution in [0.1, 0.15) is 5.56 Å². The Kier molecular flexibility index (Phi) is 5.53. The number of benzene rings is 2. The molecule has 2 aromatic carbocycles. The van der Waals surface area contributed by atoms with Crippen molar-refractivity contribution >= 4 is 11.9 Å². The lowest BCUT2D eigenvalue weighted by Crippen LogP contribution is -1.92. The number of hydrazone groups is 1. The average molecular weight is 381 g/mol.